The van der Waals surface area contributed by atoms with Crippen LogP contribution in [0.3, 0.4) is 0 Å². The highest BCUT2D eigenvalue weighted by Crippen LogP contribution is 2.37. The van der Waals surface area contributed by atoms with E-state index >= 15 is 0 Å². The quantitative estimate of drug-likeness (QED) is 0.193. The summed E-state index contributed by atoms with van der Waals surface area (Å²) in [6.07, 6.45) is 1.34. The predicted molar refractivity (Wildman–Crippen MR) is 129 cm³/mol. The van der Waals surface area contributed by atoms with E-state index in [0.717, 1.165) is 11.1 Å². The minimum absolute atomic E-state index is 0.182. The van der Waals surface area contributed by atoms with Gasteiger partial charge in [0.15, 0.2) is 11.5 Å². The summed E-state index contributed by atoms with van der Waals surface area (Å²) >= 11 is 6.42. The van der Waals surface area contributed by atoms with Gasteiger partial charge >= 0.3 is 0 Å². The Bertz CT molecular complexity index is 1310. The molecule has 0 saturated heterocycles. The van der Waals surface area contributed by atoms with E-state index in [9.17, 15) is 20.2 Å². The monoisotopic (exact) mass is 477 g/mol. The maximum atomic E-state index is 12.6. The number of amides is 1. The zero-order valence-corrected chi connectivity index (χ0v) is 19.1. The highest BCUT2D eigenvalue weighted by atomic mass is 35.5. The molecule has 0 aliphatic heterocycles. The highest BCUT2D eigenvalue weighted by Gasteiger charge is 2.16. The number of hydrogen-bond donors (Lipinski definition) is 1. The first kappa shape index (κ1) is 24.3. The number of hydrogen-bond acceptors (Lipinski definition) is 6. The number of non-ortho nitro benzene ring substituents is 1. The number of anilines is 1. The minimum atomic E-state index is -0.724. The van der Waals surface area contributed by atoms with Gasteiger partial charge in [0, 0.05) is 17.8 Å². The topological polar surface area (TPSA) is 114 Å². The summed E-state index contributed by atoms with van der Waals surface area (Å²) in [7, 11) is 1.46. The number of nitro benzene ring substituents is 1. The van der Waals surface area contributed by atoms with E-state index in [-0.39, 0.29) is 28.6 Å². The first-order valence-electron chi connectivity index (χ1n) is 10.0. The molecule has 0 unspecified atom stereocenters. The van der Waals surface area contributed by atoms with E-state index in [0.29, 0.717) is 17.1 Å². The molecular weight excluding hydrogens is 458 g/mol. The fraction of sp³-hybridized carbons (Fsp3) is 0.120. The van der Waals surface area contributed by atoms with Gasteiger partial charge in [-0.1, -0.05) is 41.9 Å². The highest BCUT2D eigenvalue weighted by molar-refractivity contribution is 6.32. The first-order chi connectivity index (χ1) is 16.3. The van der Waals surface area contributed by atoms with Crippen molar-refractivity contribution in [1.82, 2.24) is 0 Å². The van der Waals surface area contributed by atoms with Crippen LogP contribution in [-0.2, 0) is 11.4 Å². The van der Waals surface area contributed by atoms with Gasteiger partial charge in [0.05, 0.1) is 17.1 Å². The smallest absolute Gasteiger partial charge is 0.271 e. The number of nitrogens with one attached hydrogen (secondary N) is 1. The van der Waals surface area contributed by atoms with Gasteiger partial charge in [-0.15, -0.1) is 0 Å². The standard InChI is InChI=1S/C25H20ClN3O5/c1-16-6-3-4-7-18(16)15-34-24-22(26)11-17(12-23(24)33-2)10-19(14-27)25(30)28-20-8-5-9-21(13-20)29(31)32/h3-13H,15H2,1-2H3,(H,28,30)/b19-10+. The zero-order valence-electron chi connectivity index (χ0n) is 18.4. The summed E-state index contributed by atoms with van der Waals surface area (Å²) in [6.45, 7) is 2.26. The number of benzene rings is 3. The molecule has 0 bridgehead atoms. The molecule has 3 rings (SSSR count). The van der Waals surface area contributed by atoms with Crippen LogP contribution < -0.4 is 14.8 Å². The first-order valence-corrected chi connectivity index (χ1v) is 10.4. The van der Waals surface area contributed by atoms with Gasteiger partial charge in [-0.25, -0.2) is 0 Å². The second kappa shape index (κ2) is 11.0. The molecule has 34 heavy (non-hydrogen) atoms. The van der Waals surface area contributed by atoms with Crippen molar-refractivity contribution >= 4 is 35.0 Å². The number of aryl methyl sites for hydroxylation is 1. The fourth-order valence-electron chi connectivity index (χ4n) is 3.10. The van der Waals surface area contributed by atoms with Crippen LogP contribution in [0.5, 0.6) is 11.5 Å². The molecular formula is C25H20ClN3O5. The van der Waals surface area contributed by atoms with E-state index in [1.807, 2.05) is 37.3 Å². The maximum absolute atomic E-state index is 12.6. The second-order valence-electron chi connectivity index (χ2n) is 7.18. The summed E-state index contributed by atoms with van der Waals surface area (Å²) in [5, 5.41) is 23.1. The number of nitrogens with zero attached hydrogens (tertiary/aromatic N) is 2. The van der Waals surface area contributed by atoms with Gasteiger partial charge in [0.2, 0.25) is 0 Å². The summed E-state index contributed by atoms with van der Waals surface area (Å²) in [6, 6.07) is 18.2. The van der Waals surface area contributed by atoms with Gasteiger partial charge < -0.3 is 14.8 Å². The third-order valence-electron chi connectivity index (χ3n) is 4.88. The van der Waals surface area contributed by atoms with Gasteiger partial charge in [-0.2, -0.15) is 5.26 Å². The number of carbonyl (C=O) groups excluding carboxylic acids is 1. The molecule has 0 aromatic heterocycles. The Morgan fingerprint density at radius 3 is 2.65 bits per heavy atom. The molecule has 0 fully saturated rings. The molecule has 0 spiro atoms. The zero-order chi connectivity index (χ0) is 24.7. The molecule has 0 saturated carbocycles. The molecule has 0 atom stereocenters. The van der Waals surface area contributed by atoms with Gasteiger partial charge in [0.25, 0.3) is 11.6 Å². The average Bonchev–Trinajstić information content (AvgIpc) is 2.82. The van der Waals surface area contributed by atoms with Crippen molar-refractivity contribution in [2.75, 3.05) is 12.4 Å². The molecule has 0 aliphatic carbocycles. The Hall–Kier alpha value is -4.35. The number of carbonyl (C=O) groups is 1. The molecule has 0 heterocycles. The lowest BCUT2D eigenvalue weighted by Crippen LogP contribution is -2.13. The van der Waals surface area contributed by atoms with Crippen LogP contribution in [0.25, 0.3) is 6.08 Å². The number of ether oxygens (including phenoxy) is 2. The van der Waals surface area contributed by atoms with Crippen LogP contribution in [0.4, 0.5) is 11.4 Å². The molecule has 1 N–H and O–H groups in total. The van der Waals surface area contributed by atoms with E-state index in [1.165, 1.54) is 37.5 Å². The third kappa shape index (κ3) is 5.91. The Kier molecular flexibility index (Phi) is 7.85. The van der Waals surface area contributed by atoms with Crippen LogP contribution in [0.2, 0.25) is 5.02 Å². The lowest BCUT2D eigenvalue weighted by atomic mass is 10.1. The van der Waals surface area contributed by atoms with E-state index in [4.69, 9.17) is 21.1 Å². The normalized spacial score (nSPS) is 10.8. The Balaban J connectivity index is 1.83. The van der Waals surface area contributed by atoms with Crippen LogP contribution in [0.15, 0.2) is 66.2 Å². The number of rotatable bonds is 8. The Labute approximate surface area is 201 Å². The molecule has 8 nitrogen and oxygen atoms in total. The summed E-state index contributed by atoms with van der Waals surface area (Å²) < 4.78 is 11.3. The van der Waals surface area contributed by atoms with E-state index in [2.05, 4.69) is 5.32 Å². The molecule has 1 amide bonds. The van der Waals surface area contributed by atoms with Crippen molar-refractivity contribution in [1.29, 1.82) is 5.26 Å². The van der Waals surface area contributed by atoms with Crippen molar-refractivity contribution in [3.05, 3.63) is 98.1 Å². The third-order valence-corrected chi connectivity index (χ3v) is 5.16. The minimum Gasteiger partial charge on any atom is -0.493 e. The van der Waals surface area contributed by atoms with E-state index < -0.39 is 10.8 Å². The van der Waals surface area contributed by atoms with Crippen molar-refractivity contribution < 1.29 is 19.2 Å². The number of methoxy groups -OCH3 is 1. The lowest BCUT2D eigenvalue weighted by Gasteiger charge is -2.14. The average molecular weight is 478 g/mol. The maximum Gasteiger partial charge on any atom is 0.271 e. The van der Waals surface area contributed by atoms with Gasteiger partial charge in [0.1, 0.15) is 18.2 Å². The summed E-state index contributed by atoms with van der Waals surface area (Å²) in [4.78, 5) is 22.9. The Morgan fingerprint density at radius 2 is 1.97 bits per heavy atom. The van der Waals surface area contributed by atoms with Crippen molar-refractivity contribution in [3.8, 4) is 17.6 Å². The second-order valence-corrected chi connectivity index (χ2v) is 7.59. The van der Waals surface area contributed by atoms with E-state index in [1.54, 1.807) is 12.1 Å². The van der Waals surface area contributed by atoms with Crippen LogP contribution >= 0.6 is 11.6 Å². The van der Waals surface area contributed by atoms with Crippen molar-refractivity contribution in [2.45, 2.75) is 13.5 Å². The predicted octanol–water partition coefficient (Wildman–Crippen LogP) is 5.69. The van der Waals surface area contributed by atoms with Gasteiger partial charge in [-0.05, 0) is 47.9 Å². The SMILES string of the molecule is COc1cc(/C=C(\C#N)C(=O)Nc2cccc([N+](=O)[O-])c2)cc(Cl)c1OCc1ccccc1C. The van der Waals surface area contributed by atoms with Gasteiger partial charge in [-0.3, -0.25) is 14.9 Å². The van der Waals surface area contributed by atoms with Crippen LogP contribution in [0, 0.1) is 28.4 Å². The van der Waals surface area contributed by atoms with Crippen LogP contribution in [0.1, 0.15) is 16.7 Å². The molecule has 0 radical (unpaired) electrons. The Morgan fingerprint density at radius 1 is 1.21 bits per heavy atom. The van der Waals surface area contributed by atoms with Crippen molar-refractivity contribution in [3.63, 3.8) is 0 Å². The number of nitriles is 1. The largest absolute Gasteiger partial charge is 0.493 e. The molecule has 3 aromatic rings. The molecule has 3 aromatic carbocycles. The fourth-order valence-corrected chi connectivity index (χ4v) is 3.37. The molecule has 9 heteroatoms. The molecule has 172 valence electrons. The number of nitro groups is 1. The lowest BCUT2D eigenvalue weighted by molar-refractivity contribution is -0.384. The summed E-state index contributed by atoms with van der Waals surface area (Å²) in [5.74, 6) is -0.0502. The molecule has 0 aliphatic rings. The number of halogens is 1. The summed E-state index contributed by atoms with van der Waals surface area (Å²) in [5.41, 5.74) is 2.29. The van der Waals surface area contributed by atoms with Crippen molar-refractivity contribution in [2.24, 2.45) is 0 Å². The van der Waals surface area contributed by atoms with Crippen LogP contribution in [-0.4, -0.2) is 17.9 Å².